The van der Waals surface area contributed by atoms with E-state index < -0.39 is 11.6 Å². The smallest absolute Gasteiger partial charge is 0.123 e. The summed E-state index contributed by atoms with van der Waals surface area (Å²) in [6.07, 6.45) is 0. The minimum atomic E-state index is -0.411. The number of rotatable bonds is 0. The minimum Gasteiger partial charge on any atom is -0.207 e. The van der Waals surface area contributed by atoms with Crippen molar-refractivity contribution in [1.82, 2.24) is 0 Å². The summed E-state index contributed by atoms with van der Waals surface area (Å²) in [6, 6.07) is 4.31. The van der Waals surface area contributed by atoms with Crippen LogP contribution in [0.2, 0.25) is 0 Å². The van der Waals surface area contributed by atoms with Gasteiger partial charge >= 0.3 is 0 Å². The average molecular weight is 172 g/mol. The molecule has 0 radical (unpaired) electrons. The van der Waals surface area contributed by atoms with Gasteiger partial charge in [-0.05, 0) is 30.2 Å². The number of halogens is 2. The van der Waals surface area contributed by atoms with E-state index >= 15 is 0 Å². The molecule has 12 heavy (non-hydrogen) atoms. The SMILES string of the molecule is CC(C)C.Fc1ccc(F)cc1. The summed E-state index contributed by atoms with van der Waals surface area (Å²) in [5, 5.41) is 0. The molecule has 0 fully saturated rings. The number of benzene rings is 1. The zero-order valence-electron chi connectivity index (χ0n) is 7.64. The van der Waals surface area contributed by atoms with Gasteiger partial charge in [0.1, 0.15) is 11.6 Å². The summed E-state index contributed by atoms with van der Waals surface area (Å²) in [5.74, 6) is 0.0119. The van der Waals surface area contributed by atoms with Crippen molar-refractivity contribution in [2.45, 2.75) is 20.8 Å². The lowest BCUT2D eigenvalue weighted by Gasteiger charge is -1.83. The predicted octanol–water partition coefficient (Wildman–Crippen LogP) is 3.63. The van der Waals surface area contributed by atoms with Crippen molar-refractivity contribution in [3.8, 4) is 0 Å². The molecule has 0 bridgehead atoms. The van der Waals surface area contributed by atoms with E-state index in [9.17, 15) is 8.78 Å². The summed E-state index contributed by atoms with van der Waals surface area (Å²) in [7, 11) is 0. The first kappa shape index (κ1) is 11.1. The molecule has 0 aliphatic rings. The van der Waals surface area contributed by atoms with Crippen molar-refractivity contribution < 1.29 is 8.78 Å². The lowest BCUT2D eigenvalue weighted by Crippen LogP contribution is -1.72. The summed E-state index contributed by atoms with van der Waals surface area (Å²) in [6.45, 7) is 6.50. The van der Waals surface area contributed by atoms with Crippen molar-refractivity contribution in [1.29, 1.82) is 0 Å². The monoisotopic (exact) mass is 172 g/mol. The Morgan fingerprint density at radius 1 is 0.833 bits per heavy atom. The maximum absolute atomic E-state index is 11.9. The van der Waals surface area contributed by atoms with Crippen molar-refractivity contribution in [2.24, 2.45) is 5.92 Å². The normalized spacial score (nSPS) is 9.17. The Kier molecular flexibility index (Phi) is 5.26. The van der Waals surface area contributed by atoms with Gasteiger partial charge in [0.05, 0.1) is 0 Å². The molecule has 1 aromatic carbocycles. The van der Waals surface area contributed by atoms with Gasteiger partial charge in [-0.15, -0.1) is 0 Å². The maximum atomic E-state index is 11.9. The van der Waals surface area contributed by atoms with Crippen molar-refractivity contribution in [3.05, 3.63) is 35.9 Å². The first-order valence-electron chi connectivity index (χ1n) is 3.93. The van der Waals surface area contributed by atoms with Crippen molar-refractivity contribution in [3.63, 3.8) is 0 Å². The van der Waals surface area contributed by atoms with Crippen LogP contribution in [0.15, 0.2) is 24.3 Å². The second-order valence-electron chi connectivity index (χ2n) is 3.17. The zero-order valence-corrected chi connectivity index (χ0v) is 7.64. The van der Waals surface area contributed by atoms with Crippen LogP contribution in [0, 0.1) is 17.6 Å². The van der Waals surface area contributed by atoms with E-state index in [0.29, 0.717) is 0 Å². The van der Waals surface area contributed by atoms with Crippen LogP contribution in [-0.4, -0.2) is 0 Å². The number of hydrogen-bond acceptors (Lipinski definition) is 0. The molecular formula is C10H14F2. The van der Waals surface area contributed by atoms with Gasteiger partial charge in [-0.3, -0.25) is 0 Å². The van der Waals surface area contributed by atoms with Crippen LogP contribution < -0.4 is 0 Å². The van der Waals surface area contributed by atoms with Crippen LogP contribution in [0.3, 0.4) is 0 Å². The van der Waals surface area contributed by atoms with Gasteiger partial charge in [0, 0.05) is 0 Å². The predicted molar refractivity (Wildman–Crippen MR) is 46.9 cm³/mol. The molecule has 0 N–H and O–H groups in total. The van der Waals surface area contributed by atoms with Crippen LogP contribution in [0.1, 0.15) is 20.8 Å². The lowest BCUT2D eigenvalue weighted by molar-refractivity contribution is 0.600. The lowest BCUT2D eigenvalue weighted by atomic mass is 10.3. The first-order valence-corrected chi connectivity index (χ1v) is 3.93. The Bertz CT molecular complexity index is 178. The van der Waals surface area contributed by atoms with E-state index in [4.69, 9.17) is 0 Å². The highest BCUT2D eigenvalue weighted by Gasteiger charge is 1.86. The summed E-state index contributed by atoms with van der Waals surface area (Å²) >= 11 is 0. The van der Waals surface area contributed by atoms with E-state index in [1.165, 1.54) is 0 Å². The molecule has 0 saturated heterocycles. The zero-order chi connectivity index (χ0) is 9.56. The molecule has 2 heteroatoms. The second-order valence-corrected chi connectivity index (χ2v) is 3.17. The van der Waals surface area contributed by atoms with Gasteiger partial charge in [-0.2, -0.15) is 0 Å². The van der Waals surface area contributed by atoms with Crippen molar-refractivity contribution in [2.75, 3.05) is 0 Å². The van der Waals surface area contributed by atoms with E-state index in [1.54, 1.807) is 0 Å². The highest BCUT2D eigenvalue weighted by molar-refractivity contribution is 5.04. The van der Waals surface area contributed by atoms with E-state index in [0.717, 1.165) is 30.2 Å². The van der Waals surface area contributed by atoms with Gasteiger partial charge < -0.3 is 0 Å². The van der Waals surface area contributed by atoms with Crippen molar-refractivity contribution >= 4 is 0 Å². The van der Waals surface area contributed by atoms with Gasteiger partial charge in [-0.1, -0.05) is 20.8 Å². The molecule has 0 unspecified atom stereocenters. The van der Waals surface area contributed by atoms with Crippen LogP contribution in [-0.2, 0) is 0 Å². The van der Waals surface area contributed by atoms with Gasteiger partial charge in [0.25, 0.3) is 0 Å². The fourth-order valence-corrected chi connectivity index (χ4v) is 0.430. The van der Waals surface area contributed by atoms with Gasteiger partial charge in [0.15, 0.2) is 0 Å². The molecule has 0 atom stereocenters. The molecular weight excluding hydrogens is 158 g/mol. The largest absolute Gasteiger partial charge is 0.207 e. The molecule has 68 valence electrons. The minimum absolute atomic E-state index is 0.411. The Labute approximate surface area is 72.2 Å². The highest BCUT2D eigenvalue weighted by Crippen LogP contribution is 1.98. The molecule has 0 spiro atoms. The standard InChI is InChI=1S/C6H4F2.C4H10/c7-5-1-2-6(8)4-3-5;1-4(2)3/h1-4H;4H,1-3H3. The molecule has 1 aromatic rings. The molecule has 0 amide bonds. The van der Waals surface area contributed by atoms with E-state index in [-0.39, 0.29) is 0 Å². The fourth-order valence-electron chi connectivity index (χ4n) is 0.430. The van der Waals surface area contributed by atoms with Crippen LogP contribution in [0.4, 0.5) is 8.78 Å². The third kappa shape index (κ3) is 7.19. The van der Waals surface area contributed by atoms with Crippen LogP contribution in [0.5, 0.6) is 0 Å². The quantitative estimate of drug-likeness (QED) is 0.560. The third-order valence-electron chi connectivity index (χ3n) is 0.804. The number of hydrogen-bond donors (Lipinski definition) is 0. The van der Waals surface area contributed by atoms with Gasteiger partial charge in [0.2, 0.25) is 0 Å². The third-order valence-corrected chi connectivity index (χ3v) is 0.804. The summed E-state index contributed by atoms with van der Waals surface area (Å²) in [5.41, 5.74) is 0. The highest BCUT2D eigenvalue weighted by atomic mass is 19.1. The Morgan fingerprint density at radius 3 is 1.17 bits per heavy atom. The first-order chi connectivity index (χ1) is 5.52. The molecule has 0 heterocycles. The second kappa shape index (κ2) is 5.70. The fraction of sp³-hybridized carbons (Fsp3) is 0.400. The Morgan fingerprint density at radius 2 is 1.00 bits per heavy atom. The molecule has 0 aliphatic carbocycles. The average Bonchev–Trinajstić information content (AvgIpc) is 1.94. The topological polar surface area (TPSA) is 0 Å². The Hall–Kier alpha value is -0.920. The maximum Gasteiger partial charge on any atom is 0.123 e. The van der Waals surface area contributed by atoms with Crippen LogP contribution in [0.25, 0.3) is 0 Å². The summed E-state index contributed by atoms with van der Waals surface area (Å²) < 4.78 is 23.8. The summed E-state index contributed by atoms with van der Waals surface area (Å²) in [4.78, 5) is 0. The molecule has 0 saturated carbocycles. The Balaban J connectivity index is 0.000000261. The molecule has 0 nitrogen and oxygen atoms in total. The molecule has 0 aliphatic heterocycles. The molecule has 0 aromatic heterocycles. The van der Waals surface area contributed by atoms with Gasteiger partial charge in [-0.25, -0.2) is 8.78 Å². The van der Waals surface area contributed by atoms with E-state index in [1.807, 2.05) is 0 Å². The van der Waals surface area contributed by atoms with E-state index in [2.05, 4.69) is 20.8 Å². The van der Waals surface area contributed by atoms with Crippen LogP contribution >= 0.6 is 0 Å². The molecule has 1 rings (SSSR count).